The van der Waals surface area contributed by atoms with Crippen LogP contribution in [0.3, 0.4) is 0 Å². The predicted molar refractivity (Wildman–Crippen MR) is 63.5 cm³/mol. The molecule has 0 saturated carbocycles. The first-order chi connectivity index (χ1) is 7.90. The third kappa shape index (κ3) is 1.66. The van der Waals surface area contributed by atoms with Crippen LogP contribution in [0.1, 0.15) is 48.6 Å². The van der Waals surface area contributed by atoms with Crippen molar-refractivity contribution in [2.24, 2.45) is 0 Å². The molecule has 2 unspecified atom stereocenters. The minimum Gasteiger partial charge on any atom is -0.394 e. The van der Waals surface area contributed by atoms with E-state index >= 15 is 0 Å². The Kier molecular flexibility index (Phi) is 2.90. The Morgan fingerprint density at radius 1 is 1.31 bits per heavy atom. The van der Waals surface area contributed by atoms with Crippen molar-refractivity contribution < 1.29 is 5.11 Å². The molecule has 1 saturated heterocycles. The van der Waals surface area contributed by atoms with Crippen LogP contribution in [-0.2, 0) is 6.42 Å². The number of hydrogen-bond donors (Lipinski definition) is 1. The summed E-state index contributed by atoms with van der Waals surface area (Å²) in [4.78, 5) is 0. The lowest BCUT2D eigenvalue weighted by molar-refractivity contribution is 0.203. The lowest BCUT2D eigenvalue weighted by Gasteiger charge is -2.25. The van der Waals surface area contributed by atoms with Crippen molar-refractivity contribution in [1.82, 2.24) is 14.8 Å². The maximum atomic E-state index is 9.44. The van der Waals surface area contributed by atoms with E-state index in [1.807, 2.05) is 11.8 Å². The minimum absolute atomic E-state index is 0.218. The van der Waals surface area contributed by atoms with Crippen LogP contribution >= 0.6 is 11.8 Å². The highest BCUT2D eigenvalue weighted by molar-refractivity contribution is 7.99. The molecule has 0 bridgehead atoms. The monoisotopic (exact) mass is 239 g/mol. The number of aliphatic hydroxyl groups is 1. The Bertz CT molecular complexity index is 373. The SMILES string of the molecule is OCC1CCCc2nnc(C3CCCS3)n21. The average molecular weight is 239 g/mol. The summed E-state index contributed by atoms with van der Waals surface area (Å²) < 4.78 is 2.21. The normalized spacial score (nSPS) is 29.3. The van der Waals surface area contributed by atoms with Gasteiger partial charge in [-0.25, -0.2) is 0 Å². The van der Waals surface area contributed by atoms with Crippen LogP contribution in [0, 0.1) is 0 Å². The first-order valence-electron chi connectivity index (χ1n) is 6.06. The van der Waals surface area contributed by atoms with E-state index in [0.717, 1.165) is 30.9 Å². The Labute approximate surface area is 99.4 Å². The standard InChI is InChI=1S/C11H17N3OS/c15-7-8-3-1-5-10-12-13-11(14(8)10)9-4-2-6-16-9/h8-9,15H,1-7H2. The molecule has 0 spiro atoms. The number of thioether (sulfide) groups is 1. The maximum absolute atomic E-state index is 9.44. The van der Waals surface area contributed by atoms with Crippen molar-refractivity contribution in [2.45, 2.75) is 43.4 Å². The van der Waals surface area contributed by atoms with Gasteiger partial charge in [0.25, 0.3) is 0 Å². The third-order valence-corrected chi connectivity index (χ3v) is 4.90. The molecule has 1 aromatic rings. The molecule has 1 N–H and O–H groups in total. The van der Waals surface area contributed by atoms with E-state index in [2.05, 4.69) is 14.8 Å². The smallest absolute Gasteiger partial charge is 0.146 e. The van der Waals surface area contributed by atoms with Crippen LogP contribution in [0.15, 0.2) is 0 Å². The van der Waals surface area contributed by atoms with E-state index in [9.17, 15) is 5.11 Å². The number of nitrogens with zero attached hydrogens (tertiary/aromatic N) is 3. The summed E-state index contributed by atoms with van der Waals surface area (Å²) in [5.41, 5.74) is 0. The van der Waals surface area contributed by atoms with Gasteiger partial charge in [-0.05, 0) is 31.4 Å². The molecule has 88 valence electrons. The van der Waals surface area contributed by atoms with Gasteiger partial charge < -0.3 is 9.67 Å². The fraction of sp³-hybridized carbons (Fsp3) is 0.818. The van der Waals surface area contributed by atoms with Crippen molar-refractivity contribution in [3.63, 3.8) is 0 Å². The van der Waals surface area contributed by atoms with Crippen molar-refractivity contribution in [3.8, 4) is 0 Å². The van der Waals surface area contributed by atoms with E-state index in [4.69, 9.17) is 0 Å². The van der Waals surface area contributed by atoms with E-state index < -0.39 is 0 Å². The molecule has 0 aliphatic carbocycles. The summed E-state index contributed by atoms with van der Waals surface area (Å²) in [5, 5.41) is 18.6. The van der Waals surface area contributed by atoms with Crippen molar-refractivity contribution >= 4 is 11.8 Å². The Balaban J connectivity index is 1.96. The van der Waals surface area contributed by atoms with Crippen molar-refractivity contribution in [1.29, 1.82) is 0 Å². The summed E-state index contributed by atoms with van der Waals surface area (Å²) >= 11 is 1.98. The second kappa shape index (κ2) is 4.37. The number of rotatable bonds is 2. The molecule has 4 nitrogen and oxygen atoms in total. The van der Waals surface area contributed by atoms with Gasteiger partial charge in [-0.3, -0.25) is 0 Å². The van der Waals surface area contributed by atoms with Gasteiger partial charge in [0.2, 0.25) is 0 Å². The molecule has 0 amide bonds. The second-order valence-electron chi connectivity index (χ2n) is 4.57. The van der Waals surface area contributed by atoms with Gasteiger partial charge in [0.1, 0.15) is 11.6 Å². The quantitative estimate of drug-likeness (QED) is 0.853. The molecule has 0 radical (unpaired) electrons. The molecular formula is C11H17N3OS. The first kappa shape index (κ1) is 10.6. The largest absolute Gasteiger partial charge is 0.394 e. The second-order valence-corrected chi connectivity index (χ2v) is 5.89. The van der Waals surface area contributed by atoms with E-state index in [1.165, 1.54) is 18.6 Å². The number of aromatic nitrogens is 3. The summed E-state index contributed by atoms with van der Waals surface area (Å²) in [6.45, 7) is 0.218. The summed E-state index contributed by atoms with van der Waals surface area (Å²) in [5.74, 6) is 3.42. The summed E-state index contributed by atoms with van der Waals surface area (Å²) in [6, 6.07) is 0.218. The molecule has 1 fully saturated rings. The van der Waals surface area contributed by atoms with Gasteiger partial charge in [-0.2, -0.15) is 11.8 Å². The van der Waals surface area contributed by atoms with Gasteiger partial charge in [-0.1, -0.05) is 0 Å². The van der Waals surface area contributed by atoms with Gasteiger partial charge in [0.15, 0.2) is 0 Å². The lowest BCUT2D eigenvalue weighted by Crippen LogP contribution is -2.23. The molecule has 2 aliphatic heterocycles. The number of fused-ring (bicyclic) bond motifs is 1. The van der Waals surface area contributed by atoms with E-state index in [0.29, 0.717) is 5.25 Å². The average Bonchev–Trinajstić information content (AvgIpc) is 2.96. The Morgan fingerprint density at radius 2 is 2.25 bits per heavy atom. The Morgan fingerprint density at radius 3 is 3.00 bits per heavy atom. The molecule has 16 heavy (non-hydrogen) atoms. The third-order valence-electron chi connectivity index (χ3n) is 3.52. The fourth-order valence-electron chi connectivity index (χ4n) is 2.70. The Hall–Kier alpha value is -0.550. The highest BCUT2D eigenvalue weighted by atomic mass is 32.2. The lowest BCUT2D eigenvalue weighted by atomic mass is 10.0. The molecule has 2 aliphatic rings. The van der Waals surface area contributed by atoms with Crippen molar-refractivity contribution in [3.05, 3.63) is 11.6 Å². The number of aryl methyl sites for hydroxylation is 1. The zero-order valence-electron chi connectivity index (χ0n) is 9.30. The first-order valence-corrected chi connectivity index (χ1v) is 7.11. The van der Waals surface area contributed by atoms with Gasteiger partial charge in [-0.15, -0.1) is 10.2 Å². The minimum atomic E-state index is 0.218. The van der Waals surface area contributed by atoms with Crippen LogP contribution in [0.25, 0.3) is 0 Å². The van der Waals surface area contributed by atoms with Crippen LogP contribution in [-0.4, -0.2) is 32.2 Å². The topological polar surface area (TPSA) is 50.9 Å². The number of aliphatic hydroxyl groups excluding tert-OH is 1. The summed E-state index contributed by atoms with van der Waals surface area (Å²) in [6.07, 6.45) is 5.69. The highest BCUT2D eigenvalue weighted by Gasteiger charge is 2.29. The van der Waals surface area contributed by atoms with Gasteiger partial charge >= 0.3 is 0 Å². The maximum Gasteiger partial charge on any atom is 0.146 e. The molecule has 3 heterocycles. The molecule has 1 aromatic heterocycles. The molecule has 5 heteroatoms. The van der Waals surface area contributed by atoms with E-state index in [1.54, 1.807) is 0 Å². The highest BCUT2D eigenvalue weighted by Crippen LogP contribution is 2.41. The number of hydrogen-bond acceptors (Lipinski definition) is 4. The van der Waals surface area contributed by atoms with Gasteiger partial charge in [0, 0.05) is 6.42 Å². The molecular weight excluding hydrogens is 222 g/mol. The van der Waals surface area contributed by atoms with Crippen molar-refractivity contribution in [2.75, 3.05) is 12.4 Å². The zero-order chi connectivity index (χ0) is 11.0. The summed E-state index contributed by atoms with van der Waals surface area (Å²) in [7, 11) is 0. The zero-order valence-corrected chi connectivity index (χ0v) is 10.1. The molecule has 3 rings (SSSR count). The van der Waals surface area contributed by atoms with Crippen LogP contribution in [0.2, 0.25) is 0 Å². The fourth-order valence-corrected chi connectivity index (χ4v) is 3.97. The van der Waals surface area contributed by atoms with Crippen LogP contribution in [0.4, 0.5) is 0 Å². The van der Waals surface area contributed by atoms with Gasteiger partial charge in [0.05, 0.1) is 17.9 Å². The predicted octanol–water partition coefficient (Wildman–Crippen LogP) is 1.72. The molecule has 0 aromatic carbocycles. The molecule has 2 atom stereocenters. The van der Waals surface area contributed by atoms with Crippen LogP contribution < -0.4 is 0 Å². The van der Waals surface area contributed by atoms with Crippen LogP contribution in [0.5, 0.6) is 0 Å². The van der Waals surface area contributed by atoms with E-state index in [-0.39, 0.29) is 12.6 Å².